The molecule has 3 aromatic rings. The smallest absolute Gasteiger partial charge is 0.262 e. The Morgan fingerprint density at radius 3 is 2.62 bits per heavy atom. The Kier molecular flexibility index (Phi) is 6.00. The van der Waals surface area contributed by atoms with Crippen molar-refractivity contribution in [2.24, 2.45) is 0 Å². The summed E-state index contributed by atoms with van der Waals surface area (Å²) in [5.74, 6) is 0.265. The van der Waals surface area contributed by atoms with Crippen LogP contribution in [0.15, 0.2) is 58.5 Å². The van der Waals surface area contributed by atoms with Crippen molar-refractivity contribution in [1.82, 2.24) is 14.9 Å². The number of hydrogen-bond acceptors (Lipinski definition) is 4. The van der Waals surface area contributed by atoms with Crippen LogP contribution < -0.4 is 10.9 Å². The summed E-state index contributed by atoms with van der Waals surface area (Å²) in [6.45, 7) is 2.47. The van der Waals surface area contributed by atoms with Gasteiger partial charge in [0.25, 0.3) is 5.56 Å². The summed E-state index contributed by atoms with van der Waals surface area (Å²) in [6.07, 6.45) is 4.48. The molecule has 0 spiro atoms. The first kappa shape index (κ1) is 19.7. The molecule has 2 aromatic carbocycles. The second-order valence-corrected chi connectivity index (χ2v) is 8.57. The van der Waals surface area contributed by atoms with E-state index in [1.54, 1.807) is 10.6 Å². The van der Waals surface area contributed by atoms with Gasteiger partial charge in [0.1, 0.15) is 0 Å². The van der Waals surface area contributed by atoms with E-state index >= 15 is 0 Å². The van der Waals surface area contributed by atoms with Gasteiger partial charge in [-0.3, -0.25) is 14.2 Å². The zero-order chi connectivity index (χ0) is 20.2. The molecule has 6 heteroatoms. The second kappa shape index (κ2) is 8.82. The van der Waals surface area contributed by atoms with E-state index in [1.165, 1.54) is 30.2 Å². The van der Waals surface area contributed by atoms with Crippen molar-refractivity contribution in [1.29, 1.82) is 0 Å². The molecule has 1 N–H and O–H groups in total. The van der Waals surface area contributed by atoms with E-state index in [9.17, 15) is 9.59 Å². The van der Waals surface area contributed by atoms with Gasteiger partial charge in [-0.1, -0.05) is 66.6 Å². The van der Waals surface area contributed by atoms with Gasteiger partial charge in [0.15, 0.2) is 5.16 Å². The summed E-state index contributed by atoms with van der Waals surface area (Å²) < 4.78 is 1.68. The number of nitrogens with one attached hydrogen (secondary N) is 1. The van der Waals surface area contributed by atoms with Crippen LogP contribution in [0.25, 0.3) is 10.9 Å². The van der Waals surface area contributed by atoms with Gasteiger partial charge >= 0.3 is 0 Å². The predicted octanol–water partition coefficient (Wildman–Crippen LogP) is 3.90. The van der Waals surface area contributed by atoms with Crippen LogP contribution in [0.2, 0.25) is 0 Å². The number of rotatable bonds is 6. The number of aryl methyl sites for hydroxylation is 1. The summed E-state index contributed by atoms with van der Waals surface area (Å²) in [7, 11) is 0. The zero-order valence-electron chi connectivity index (χ0n) is 16.6. The van der Waals surface area contributed by atoms with E-state index in [2.05, 4.69) is 5.32 Å². The molecule has 1 aliphatic rings. The molecule has 0 saturated heterocycles. The first-order valence-electron chi connectivity index (χ1n) is 10.1. The molecule has 29 heavy (non-hydrogen) atoms. The van der Waals surface area contributed by atoms with Crippen LogP contribution in [0.5, 0.6) is 0 Å². The summed E-state index contributed by atoms with van der Waals surface area (Å²) in [4.78, 5) is 30.2. The Morgan fingerprint density at radius 2 is 1.86 bits per heavy atom. The molecule has 150 valence electrons. The van der Waals surface area contributed by atoms with Gasteiger partial charge in [-0.15, -0.1) is 0 Å². The van der Waals surface area contributed by atoms with Crippen molar-refractivity contribution < 1.29 is 4.79 Å². The lowest BCUT2D eigenvalue weighted by Crippen LogP contribution is -2.34. The number of fused-ring (bicyclic) bond motifs is 1. The number of thioether (sulfide) groups is 1. The highest BCUT2D eigenvalue weighted by Crippen LogP contribution is 2.21. The normalized spacial score (nSPS) is 14.4. The summed E-state index contributed by atoms with van der Waals surface area (Å²) in [5.41, 5.74) is 2.80. The molecule has 4 rings (SSSR count). The van der Waals surface area contributed by atoms with E-state index < -0.39 is 0 Å². The van der Waals surface area contributed by atoms with Crippen LogP contribution in [0.3, 0.4) is 0 Å². The lowest BCUT2D eigenvalue weighted by Gasteiger charge is -2.15. The van der Waals surface area contributed by atoms with Crippen molar-refractivity contribution in [3.63, 3.8) is 0 Å². The second-order valence-electron chi connectivity index (χ2n) is 7.63. The molecule has 5 nitrogen and oxygen atoms in total. The van der Waals surface area contributed by atoms with Crippen LogP contribution in [-0.2, 0) is 11.3 Å². The third-order valence-electron chi connectivity index (χ3n) is 5.34. The molecule has 0 radical (unpaired) electrons. The van der Waals surface area contributed by atoms with Crippen molar-refractivity contribution in [3.05, 3.63) is 70.0 Å². The third-order valence-corrected chi connectivity index (χ3v) is 6.32. The van der Waals surface area contributed by atoms with Gasteiger partial charge in [-0.25, -0.2) is 4.98 Å². The van der Waals surface area contributed by atoms with Gasteiger partial charge in [-0.05, 0) is 37.5 Å². The SMILES string of the molecule is Cc1ccc(Cn2c(SCC(=O)NC3CCCC3)nc3ccccc3c2=O)cc1. The molecule has 1 aromatic heterocycles. The number of hydrogen-bond donors (Lipinski definition) is 1. The Labute approximate surface area is 174 Å². The number of carbonyl (C=O) groups excluding carboxylic acids is 1. The minimum absolute atomic E-state index is 0.00573. The topological polar surface area (TPSA) is 64.0 Å². The molecule has 1 heterocycles. The van der Waals surface area contributed by atoms with Crippen molar-refractivity contribution in [2.75, 3.05) is 5.75 Å². The van der Waals surface area contributed by atoms with E-state index in [0.717, 1.165) is 18.4 Å². The maximum Gasteiger partial charge on any atom is 0.262 e. The number of nitrogens with zero attached hydrogens (tertiary/aromatic N) is 2. The van der Waals surface area contributed by atoms with E-state index in [1.807, 2.05) is 49.4 Å². The Hall–Kier alpha value is -2.60. The summed E-state index contributed by atoms with van der Waals surface area (Å²) in [6, 6.07) is 15.8. The van der Waals surface area contributed by atoms with Crippen LogP contribution in [0, 0.1) is 6.92 Å². The Bertz CT molecular complexity index is 1070. The van der Waals surface area contributed by atoms with Crippen molar-refractivity contribution in [3.8, 4) is 0 Å². The molecule has 0 atom stereocenters. The lowest BCUT2D eigenvalue weighted by molar-refractivity contribution is -0.119. The van der Waals surface area contributed by atoms with Crippen LogP contribution in [0.4, 0.5) is 0 Å². The van der Waals surface area contributed by atoms with Gasteiger partial charge in [0.2, 0.25) is 5.91 Å². The lowest BCUT2D eigenvalue weighted by atomic mass is 10.1. The monoisotopic (exact) mass is 407 g/mol. The minimum atomic E-state index is -0.0742. The first-order valence-corrected chi connectivity index (χ1v) is 11.1. The number of para-hydroxylation sites is 1. The van der Waals surface area contributed by atoms with Gasteiger partial charge in [0.05, 0.1) is 23.2 Å². The molecular formula is C23H25N3O2S. The zero-order valence-corrected chi connectivity index (χ0v) is 17.4. The molecule has 0 aliphatic heterocycles. The standard InChI is InChI=1S/C23H25N3O2S/c1-16-10-12-17(13-11-16)14-26-22(28)19-8-4-5-9-20(19)25-23(26)29-15-21(27)24-18-6-2-3-7-18/h4-5,8-13,18H,2-3,6-7,14-15H2,1H3,(H,24,27). The maximum absolute atomic E-state index is 13.2. The molecule has 1 amide bonds. The number of carbonyl (C=O) groups is 1. The van der Waals surface area contributed by atoms with Crippen LogP contribution >= 0.6 is 11.8 Å². The number of aromatic nitrogens is 2. The van der Waals surface area contributed by atoms with Crippen molar-refractivity contribution in [2.45, 2.75) is 50.4 Å². The largest absolute Gasteiger partial charge is 0.353 e. The number of amides is 1. The fourth-order valence-corrected chi connectivity index (χ4v) is 4.55. The molecule has 1 aliphatic carbocycles. The van der Waals surface area contributed by atoms with Crippen LogP contribution in [-0.4, -0.2) is 27.3 Å². The molecule has 1 saturated carbocycles. The van der Waals surface area contributed by atoms with Crippen LogP contribution in [0.1, 0.15) is 36.8 Å². The Balaban J connectivity index is 1.60. The quantitative estimate of drug-likeness (QED) is 0.497. The Morgan fingerprint density at radius 1 is 1.14 bits per heavy atom. The highest BCUT2D eigenvalue weighted by atomic mass is 32.2. The highest BCUT2D eigenvalue weighted by molar-refractivity contribution is 7.99. The van der Waals surface area contributed by atoms with E-state index in [4.69, 9.17) is 4.98 Å². The molecule has 1 fully saturated rings. The highest BCUT2D eigenvalue weighted by Gasteiger charge is 2.18. The predicted molar refractivity (Wildman–Crippen MR) is 117 cm³/mol. The molecular weight excluding hydrogens is 382 g/mol. The molecule has 0 unspecified atom stereocenters. The fourth-order valence-electron chi connectivity index (χ4n) is 3.74. The van der Waals surface area contributed by atoms with E-state index in [-0.39, 0.29) is 17.2 Å². The fraction of sp³-hybridized carbons (Fsp3) is 0.348. The summed E-state index contributed by atoms with van der Waals surface area (Å²) >= 11 is 1.33. The average Bonchev–Trinajstić information content (AvgIpc) is 3.23. The average molecular weight is 408 g/mol. The molecule has 0 bridgehead atoms. The third kappa shape index (κ3) is 4.70. The van der Waals surface area contributed by atoms with Gasteiger partial charge in [0, 0.05) is 6.04 Å². The van der Waals surface area contributed by atoms with E-state index in [0.29, 0.717) is 28.6 Å². The van der Waals surface area contributed by atoms with Gasteiger partial charge in [-0.2, -0.15) is 0 Å². The first-order chi connectivity index (χ1) is 14.1. The minimum Gasteiger partial charge on any atom is -0.353 e. The van der Waals surface area contributed by atoms with Gasteiger partial charge < -0.3 is 5.32 Å². The maximum atomic E-state index is 13.2. The number of benzene rings is 2. The van der Waals surface area contributed by atoms with Crippen molar-refractivity contribution >= 4 is 28.6 Å². The summed E-state index contributed by atoms with van der Waals surface area (Å²) in [5, 5.41) is 4.28.